The Hall–Kier alpha value is -1.57. The molecule has 23 heavy (non-hydrogen) atoms. The van der Waals surface area contributed by atoms with E-state index in [1.807, 2.05) is 18.2 Å². The Morgan fingerprint density at radius 1 is 0.870 bits per heavy atom. The van der Waals surface area contributed by atoms with Crippen molar-refractivity contribution < 1.29 is 9.90 Å². The van der Waals surface area contributed by atoms with Crippen LogP contribution in [0.4, 0.5) is 0 Å². The molecule has 0 amide bonds. The van der Waals surface area contributed by atoms with E-state index in [0.29, 0.717) is 6.42 Å². The van der Waals surface area contributed by atoms with Crippen molar-refractivity contribution in [2.24, 2.45) is 5.41 Å². The summed E-state index contributed by atoms with van der Waals surface area (Å²) in [6.45, 7) is 5.76. The van der Waals surface area contributed by atoms with Crippen LogP contribution in [0, 0.1) is 5.41 Å². The Labute approximate surface area is 142 Å². The van der Waals surface area contributed by atoms with Gasteiger partial charge in [0.1, 0.15) is 0 Å². The van der Waals surface area contributed by atoms with Gasteiger partial charge in [0.05, 0.1) is 5.41 Å². The third-order valence-corrected chi connectivity index (χ3v) is 3.75. The molecule has 0 aliphatic rings. The first kappa shape index (κ1) is 21.4. The van der Waals surface area contributed by atoms with Crippen molar-refractivity contribution in [2.45, 2.75) is 72.1 Å². The van der Waals surface area contributed by atoms with Gasteiger partial charge in [0.15, 0.2) is 0 Å². The molecule has 0 bridgehead atoms. The van der Waals surface area contributed by atoms with Crippen LogP contribution in [0.25, 0.3) is 0 Å². The van der Waals surface area contributed by atoms with Gasteiger partial charge in [-0.1, -0.05) is 68.4 Å². The quantitative estimate of drug-likeness (QED) is 0.240. The number of carbonyl (C=O) groups is 1. The molecule has 0 aromatic carbocycles. The van der Waals surface area contributed by atoms with Gasteiger partial charge >= 0.3 is 5.97 Å². The van der Waals surface area contributed by atoms with Gasteiger partial charge in [-0.3, -0.25) is 4.79 Å². The maximum Gasteiger partial charge on any atom is 0.309 e. The van der Waals surface area contributed by atoms with Crippen LogP contribution in [0.2, 0.25) is 0 Å². The lowest BCUT2D eigenvalue weighted by molar-refractivity contribution is -0.147. The van der Waals surface area contributed by atoms with E-state index in [1.165, 1.54) is 25.7 Å². The van der Waals surface area contributed by atoms with E-state index in [1.54, 1.807) is 13.8 Å². The Bertz CT molecular complexity index is 412. The molecular formula is C21H34O2. The topological polar surface area (TPSA) is 37.3 Å². The summed E-state index contributed by atoms with van der Waals surface area (Å²) in [7, 11) is 0. The molecule has 1 N–H and O–H groups in total. The average molecular weight is 319 g/mol. The van der Waals surface area contributed by atoms with Crippen LogP contribution in [-0.4, -0.2) is 11.1 Å². The highest BCUT2D eigenvalue weighted by atomic mass is 16.4. The summed E-state index contributed by atoms with van der Waals surface area (Å²) < 4.78 is 0. The van der Waals surface area contributed by atoms with Crippen LogP contribution in [0.15, 0.2) is 48.6 Å². The maximum atomic E-state index is 10.9. The fourth-order valence-electron chi connectivity index (χ4n) is 1.96. The molecule has 0 saturated heterocycles. The highest BCUT2D eigenvalue weighted by Crippen LogP contribution is 2.22. The Balaban J connectivity index is 3.65. The summed E-state index contributed by atoms with van der Waals surface area (Å²) in [5.74, 6) is -0.731. The highest BCUT2D eigenvalue weighted by molar-refractivity contribution is 5.73. The van der Waals surface area contributed by atoms with Crippen molar-refractivity contribution in [3.63, 3.8) is 0 Å². The third-order valence-electron chi connectivity index (χ3n) is 3.75. The average Bonchev–Trinajstić information content (AvgIpc) is 2.51. The van der Waals surface area contributed by atoms with Gasteiger partial charge in [-0.25, -0.2) is 0 Å². The van der Waals surface area contributed by atoms with Gasteiger partial charge in [0.25, 0.3) is 0 Å². The lowest BCUT2D eigenvalue weighted by Gasteiger charge is -2.17. The van der Waals surface area contributed by atoms with E-state index in [9.17, 15) is 4.79 Å². The number of hydrogen-bond donors (Lipinski definition) is 1. The van der Waals surface area contributed by atoms with Gasteiger partial charge in [0, 0.05) is 0 Å². The van der Waals surface area contributed by atoms with Crippen molar-refractivity contribution in [1.29, 1.82) is 0 Å². The molecule has 0 aromatic rings. The van der Waals surface area contributed by atoms with Crippen LogP contribution in [0.3, 0.4) is 0 Å². The largest absolute Gasteiger partial charge is 0.481 e. The van der Waals surface area contributed by atoms with Crippen LogP contribution < -0.4 is 0 Å². The number of carboxylic acid groups (broad SMARTS) is 1. The molecule has 0 heterocycles. The first-order valence-electron chi connectivity index (χ1n) is 8.85. The molecule has 0 radical (unpaired) electrons. The second-order valence-corrected chi connectivity index (χ2v) is 6.49. The summed E-state index contributed by atoms with van der Waals surface area (Å²) in [4.78, 5) is 10.9. The minimum Gasteiger partial charge on any atom is -0.481 e. The van der Waals surface area contributed by atoms with E-state index < -0.39 is 11.4 Å². The molecule has 2 heteroatoms. The first-order chi connectivity index (χ1) is 11.0. The van der Waals surface area contributed by atoms with Gasteiger partial charge in [-0.15, -0.1) is 0 Å². The standard InChI is InChI=1S/C21H34O2/c1-4-5-6-7-8-9-10-11-12-13-14-15-16-17-18-19-21(2,3)20(22)23/h8-9,11-12,14-17H,4-7,10,13,18-19H2,1-3H3,(H,22,23)/b9-8+,12-11-,15-14+,17-16+. The molecule has 0 spiro atoms. The monoisotopic (exact) mass is 318 g/mol. The van der Waals surface area contributed by atoms with Crippen molar-refractivity contribution in [1.82, 2.24) is 0 Å². The number of unbranched alkanes of at least 4 members (excludes halogenated alkanes) is 3. The predicted molar refractivity (Wildman–Crippen MR) is 101 cm³/mol. The molecule has 0 unspecified atom stereocenters. The summed E-state index contributed by atoms with van der Waals surface area (Å²) in [6.07, 6.45) is 25.6. The Morgan fingerprint density at radius 2 is 1.48 bits per heavy atom. The fourth-order valence-corrected chi connectivity index (χ4v) is 1.96. The molecule has 0 aliphatic heterocycles. The van der Waals surface area contributed by atoms with E-state index in [2.05, 4.69) is 37.3 Å². The molecule has 0 fully saturated rings. The van der Waals surface area contributed by atoms with Crippen LogP contribution >= 0.6 is 0 Å². The Kier molecular flexibility index (Phi) is 13.1. The van der Waals surface area contributed by atoms with Gasteiger partial charge in [-0.05, 0) is 52.4 Å². The highest BCUT2D eigenvalue weighted by Gasteiger charge is 2.25. The van der Waals surface area contributed by atoms with Crippen LogP contribution in [-0.2, 0) is 4.79 Å². The minimum atomic E-state index is -0.731. The van der Waals surface area contributed by atoms with E-state index in [0.717, 1.165) is 19.3 Å². The van der Waals surface area contributed by atoms with E-state index in [-0.39, 0.29) is 0 Å². The number of aliphatic carboxylic acids is 1. The zero-order valence-electron chi connectivity index (χ0n) is 15.1. The number of carboxylic acids is 1. The van der Waals surface area contributed by atoms with Gasteiger partial charge < -0.3 is 5.11 Å². The summed E-state index contributed by atoms with van der Waals surface area (Å²) in [5, 5.41) is 9.01. The van der Waals surface area contributed by atoms with Crippen LogP contribution in [0.5, 0.6) is 0 Å². The minimum absolute atomic E-state index is 0.638. The zero-order valence-corrected chi connectivity index (χ0v) is 15.1. The smallest absolute Gasteiger partial charge is 0.309 e. The second kappa shape index (κ2) is 14.0. The lowest BCUT2D eigenvalue weighted by atomic mass is 9.88. The van der Waals surface area contributed by atoms with Gasteiger partial charge in [-0.2, -0.15) is 0 Å². The molecule has 0 aromatic heterocycles. The lowest BCUT2D eigenvalue weighted by Crippen LogP contribution is -2.22. The van der Waals surface area contributed by atoms with Crippen molar-refractivity contribution in [3.05, 3.63) is 48.6 Å². The molecular weight excluding hydrogens is 284 g/mol. The van der Waals surface area contributed by atoms with Crippen molar-refractivity contribution in [3.8, 4) is 0 Å². The van der Waals surface area contributed by atoms with Crippen LogP contribution in [0.1, 0.15) is 72.1 Å². The zero-order chi connectivity index (χ0) is 17.4. The SMILES string of the molecule is CCCCC/C=C/C/C=C\C/C=C/C=C/CCC(C)(C)C(=O)O. The van der Waals surface area contributed by atoms with E-state index in [4.69, 9.17) is 5.11 Å². The van der Waals surface area contributed by atoms with E-state index >= 15 is 0 Å². The third kappa shape index (κ3) is 13.8. The number of hydrogen-bond acceptors (Lipinski definition) is 1. The maximum absolute atomic E-state index is 10.9. The normalized spacial score (nSPS) is 13.2. The summed E-state index contributed by atoms with van der Waals surface area (Å²) in [6, 6.07) is 0. The molecule has 0 atom stereocenters. The second-order valence-electron chi connectivity index (χ2n) is 6.49. The fraction of sp³-hybridized carbons (Fsp3) is 0.571. The molecule has 130 valence electrons. The summed E-state index contributed by atoms with van der Waals surface area (Å²) in [5.41, 5.74) is -0.638. The van der Waals surface area contributed by atoms with Gasteiger partial charge in [0.2, 0.25) is 0 Å². The molecule has 0 aliphatic carbocycles. The van der Waals surface area contributed by atoms with Crippen molar-refractivity contribution >= 4 is 5.97 Å². The number of allylic oxidation sites excluding steroid dienone is 8. The Morgan fingerprint density at radius 3 is 2.13 bits per heavy atom. The first-order valence-corrected chi connectivity index (χ1v) is 8.85. The van der Waals surface area contributed by atoms with Crippen molar-refractivity contribution in [2.75, 3.05) is 0 Å². The number of rotatable bonds is 13. The molecule has 2 nitrogen and oxygen atoms in total. The molecule has 0 saturated carbocycles. The summed E-state index contributed by atoms with van der Waals surface area (Å²) >= 11 is 0. The predicted octanol–water partition coefficient (Wildman–Crippen LogP) is 6.46. The molecule has 0 rings (SSSR count).